The summed E-state index contributed by atoms with van der Waals surface area (Å²) in [5, 5.41) is 5.86. The molecule has 1 aromatic carbocycles. The van der Waals surface area contributed by atoms with Gasteiger partial charge >= 0.3 is 0 Å². The number of fused-ring (bicyclic) bond motifs is 1. The molecule has 2 heterocycles. The molecule has 0 fully saturated rings. The van der Waals surface area contributed by atoms with E-state index in [-0.39, 0.29) is 5.91 Å². The van der Waals surface area contributed by atoms with Crippen molar-refractivity contribution in [3.8, 4) is 0 Å². The number of hydrogen-bond donors (Lipinski definition) is 1. The number of nitrogens with one attached hydrogen (secondary N) is 1. The lowest BCUT2D eigenvalue weighted by Crippen LogP contribution is -2.20. The van der Waals surface area contributed by atoms with Gasteiger partial charge in [-0.1, -0.05) is 30.3 Å². The van der Waals surface area contributed by atoms with Crippen molar-refractivity contribution in [2.75, 3.05) is 0 Å². The van der Waals surface area contributed by atoms with Crippen molar-refractivity contribution in [3.63, 3.8) is 0 Å². The molecule has 0 saturated carbocycles. The zero-order valence-electron chi connectivity index (χ0n) is 10.8. The maximum atomic E-state index is 12.1. The van der Waals surface area contributed by atoms with E-state index in [9.17, 15) is 4.79 Å². The van der Waals surface area contributed by atoms with Gasteiger partial charge in [-0.2, -0.15) is 5.10 Å². The van der Waals surface area contributed by atoms with E-state index in [1.54, 1.807) is 10.6 Å². The van der Waals surface area contributed by atoms with Crippen molar-refractivity contribution >= 4 is 28.4 Å². The number of amides is 1. The third kappa shape index (κ3) is 2.33. The number of aromatic nitrogens is 2. The summed E-state index contributed by atoms with van der Waals surface area (Å²) in [5.41, 5.74) is 4.68. The van der Waals surface area contributed by atoms with Crippen molar-refractivity contribution < 1.29 is 4.79 Å². The number of aryl methyl sites for hydroxylation is 1. The van der Waals surface area contributed by atoms with Crippen LogP contribution in [0.2, 0.25) is 0 Å². The lowest BCUT2D eigenvalue weighted by molar-refractivity contribution is 0.0948. The summed E-state index contributed by atoms with van der Waals surface area (Å²) in [4.78, 5) is 17.3. The highest BCUT2D eigenvalue weighted by atomic mass is 32.1. The predicted molar refractivity (Wildman–Crippen MR) is 79.3 cm³/mol. The van der Waals surface area contributed by atoms with Crippen LogP contribution in [0.5, 0.6) is 0 Å². The first-order valence-electron chi connectivity index (χ1n) is 6.06. The fourth-order valence-corrected chi connectivity index (χ4v) is 2.68. The number of nitrogens with zero attached hydrogens (tertiary/aromatic N) is 3. The SMILES string of the molecule is Cc1nc2sccn2c1C(=O)N/N=C\c1ccccc1. The molecule has 100 valence electrons. The van der Waals surface area contributed by atoms with Gasteiger partial charge in [0.2, 0.25) is 0 Å². The van der Waals surface area contributed by atoms with Crippen LogP contribution in [0.25, 0.3) is 4.96 Å². The van der Waals surface area contributed by atoms with Gasteiger partial charge in [0.1, 0.15) is 5.69 Å². The Balaban J connectivity index is 1.78. The molecule has 0 bridgehead atoms. The molecule has 3 rings (SSSR count). The van der Waals surface area contributed by atoms with Crippen LogP contribution in [0.4, 0.5) is 0 Å². The van der Waals surface area contributed by atoms with Crippen LogP contribution in [0, 0.1) is 6.92 Å². The van der Waals surface area contributed by atoms with Gasteiger partial charge in [-0.25, -0.2) is 10.4 Å². The first kappa shape index (κ1) is 12.6. The molecule has 6 heteroatoms. The van der Waals surface area contributed by atoms with Crippen molar-refractivity contribution in [1.29, 1.82) is 0 Å². The molecule has 0 aliphatic carbocycles. The maximum Gasteiger partial charge on any atom is 0.290 e. The van der Waals surface area contributed by atoms with Gasteiger partial charge in [0.05, 0.1) is 11.9 Å². The number of thiazole rings is 1. The fourth-order valence-electron chi connectivity index (χ4n) is 1.93. The van der Waals surface area contributed by atoms with Crippen molar-refractivity contribution in [3.05, 3.63) is 58.9 Å². The minimum Gasteiger partial charge on any atom is -0.286 e. The molecule has 0 spiro atoms. The Kier molecular flexibility index (Phi) is 3.30. The largest absolute Gasteiger partial charge is 0.290 e. The fraction of sp³-hybridized carbons (Fsp3) is 0.0714. The van der Waals surface area contributed by atoms with Crippen LogP contribution in [0.1, 0.15) is 21.7 Å². The van der Waals surface area contributed by atoms with Gasteiger partial charge < -0.3 is 0 Å². The average Bonchev–Trinajstić information content (AvgIpc) is 2.99. The molecule has 0 radical (unpaired) electrons. The summed E-state index contributed by atoms with van der Waals surface area (Å²) in [6, 6.07) is 9.59. The number of rotatable bonds is 3. The lowest BCUT2D eigenvalue weighted by atomic mass is 10.2. The minimum atomic E-state index is -0.263. The highest BCUT2D eigenvalue weighted by Gasteiger charge is 2.16. The molecule has 2 aromatic heterocycles. The molecule has 20 heavy (non-hydrogen) atoms. The first-order valence-corrected chi connectivity index (χ1v) is 6.94. The second-order valence-electron chi connectivity index (χ2n) is 4.21. The lowest BCUT2D eigenvalue weighted by Gasteiger charge is -1.99. The Morgan fingerprint density at radius 3 is 3.00 bits per heavy atom. The van der Waals surface area contributed by atoms with Crippen molar-refractivity contribution in [1.82, 2.24) is 14.8 Å². The molecule has 5 nitrogen and oxygen atoms in total. The van der Waals surface area contributed by atoms with Crippen molar-refractivity contribution in [2.45, 2.75) is 6.92 Å². The number of hydrogen-bond acceptors (Lipinski definition) is 4. The van der Waals surface area contributed by atoms with Gasteiger partial charge in [0, 0.05) is 11.6 Å². The van der Waals surface area contributed by atoms with Crippen LogP contribution in [0.15, 0.2) is 47.0 Å². The quantitative estimate of drug-likeness (QED) is 0.593. The summed E-state index contributed by atoms with van der Waals surface area (Å²) in [6.45, 7) is 1.82. The van der Waals surface area contributed by atoms with E-state index in [0.717, 1.165) is 10.5 Å². The van der Waals surface area contributed by atoms with E-state index < -0.39 is 0 Å². The van der Waals surface area contributed by atoms with E-state index in [4.69, 9.17) is 0 Å². The van der Waals surface area contributed by atoms with E-state index in [1.165, 1.54) is 11.3 Å². The molecule has 1 amide bonds. The molecule has 3 aromatic rings. The van der Waals surface area contributed by atoms with Crippen LogP contribution < -0.4 is 5.43 Å². The Morgan fingerprint density at radius 1 is 1.40 bits per heavy atom. The van der Waals surface area contributed by atoms with Crippen LogP contribution in [0.3, 0.4) is 0 Å². The Hall–Kier alpha value is -2.47. The molecular formula is C14H12N4OS. The summed E-state index contributed by atoms with van der Waals surface area (Å²) in [5.74, 6) is -0.263. The molecule has 0 atom stereocenters. The third-order valence-electron chi connectivity index (χ3n) is 2.83. The Bertz CT molecular complexity index is 773. The summed E-state index contributed by atoms with van der Waals surface area (Å²) >= 11 is 1.49. The third-order valence-corrected chi connectivity index (χ3v) is 3.59. The highest BCUT2D eigenvalue weighted by Crippen LogP contribution is 2.16. The van der Waals surface area contributed by atoms with E-state index in [2.05, 4.69) is 15.5 Å². The van der Waals surface area contributed by atoms with Gasteiger partial charge in [0.15, 0.2) is 4.96 Å². The Labute approximate surface area is 119 Å². The number of benzene rings is 1. The van der Waals surface area contributed by atoms with Crippen LogP contribution >= 0.6 is 11.3 Å². The van der Waals surface area contributed by atoms with Crippen LogP contribution in [-0.4, -0.2) is 21.5 Å². The molecule has 0 aliphatic heterocycles. The highest BCUT2D eigenvalue weighted by molar-refractivity contribution is 7.15. The number of carbonyl (C=O) groups is 1. The average molecular weight is 284 g/mol. The van der Waals surface area contributed by atoms with E-state index >= 15 is 0 Å². The predicted octanol–water partition coefficient (Wildman–Crippen LogP) is 2.47. The summed E-state index contributed by atoms with van der Waals surface area (Å²) in [7, 11) is 0. The first-order chi connectivity index (χ1) is 9.75. The van der Waals surface area contributed by atoms with Crippen molar-refractivity contribution in [2.24, 2.45) is 5.10 Å². The topological polar surface area (TPSA) is 58.8 Å². The van der Waals surface area contributed by atoms with Gasteiger partial charge in [-0.15, -0.1) is 11.3 Å². The van der Waals surface area contributed by atoms with Gasteiger partial charge in [0.25, 0.3) is 5.91 Å². The number of carbonyl (C=O) groups excluding carboxylic acids is 1. The second kappa shape index (κ2) is 5.26. The second-order valence-corrected chi connectivity index (χ2v) is 5.08. The summed E-state index contributed by atoms with van der Waals surface area (Å²) < 4.78 is 1.77. The zero-order chi connectivity index (χ0) is 13.9. The molecule has 0 saturated heterocycles. The van der Waals surface area contributed by atoms with Gasteiger partial charge in [-0.3, -0.25) is 9.20 Å². The zero-order valence-corrected chi connectivity index (χ0v) is 11.6. The number of hydrazone groups is 1. The maximum absolute atomic E-state index is 12.1. The Morgan fingerprint density at radius 2 is 2.20 bits per heavy atom. The smallest absolute Gasteiger partial charge is 0.286 e. The minimum absolute atomic E-state index is 0.263. The van der Waals surface area contributed by atoms with Gasteiger partial charge in [-0.05, 0) is 12.5 Å². The monoisotopic (exact) mass is 284 g/mol. The summed E-state index contributed by atoms with van der Waals surface area (Å²) in [6.07, 6.45) is 3.44. The molecule has 1 N–H and O–H groups in total. The van der Waals surface area contributed by atoms with E-state index in [0.29, 0.717) is 11.4 Å². The standard InChI is InChI=1S/C14H12N4OS/c1-10-12(18-7-8-20-14(18)16-10)13(19)17-15-9-11-5-3-2-4-6-11/h2-9H,1H3,(H,17,19)/b15-9-. The normalized spacial score (nSPS) is 11.2. The molecular weight excluding hydrogens is 272 g/mol. The van der Waals surface area contributed by atoms with Crippen LogP contribution in [-0.2, 0) is 0 Å². The number of imidazole rings is 1. The molecule has 0 unspecified atom stereocenters. The molecule has 0 aliphatic rings. The van der Waals surface area contributed by atoms with E-state index in [1.807, 2.05) is 48.8 Å².